The monoisotopic (exact) mass is 253 g/mol. The van der Waals surface area contributed by atoms with Crippen molar-refractivity contribution in [2.75, 3.05) is 11.6 Å². The number of ether oxygens (including phenoxy) is 1. The second-order valence-electron chi connectivity index (χ2n) is 3.35. The molecule has 1 atom stereocenters. The van der Waals surface area contributed by atoms with E-state index < -0.39 is 11.5 Å². The normalized spacial score (nSPS) is 19.1. The van der Waals surface area contributed by atoms with Crippen molar-refractivity contribution in [1.82, 2.24) is 10.4 Å². The first kappa shape index (κ1) is 11.9. The maximum Gasteiger partial charge on any atom is 0.356 e. The van der Waals surface area contributed by atoms with Gasteiger partial charge >= 0.3 is 5.97 Å². The minimum atomic E-state index is -0.436. The Kier molecular flexibility index (Phi) is 3.61. The highest BCUT2D eigenvalue weighted by Crippen LogP contribution is 2.23. The lowest BCUT2D eigenvalue weighted by atomic mass is 10.3. The molecule has 0 aliphatic carbocycles. The molecule has 0 aromatic carbocycles. The number of carbonyl (C=O) groups excluding carboxylic acids is 1. The van der Waals surface area contributed by atoms with Gasteiger partial charge in [0.2, 0.25) is 0 Å². The molecule has 1 aromatic heterocycles. The maximum absolute atomic E-state index is 11.7. The van der Waals surface area contributed by atoms with Gasteiger partial charge in [-0.25, -0.2) is 10.2 Å². The van der Waals surface area contributed by atoms with Crippen LogP contribution in [0.4, 0.5) is 5.69 Å². The van der Waals surface area contributed by atoms with Crippen molar-refractivity contribution in [3.63, 3.8) is 0 Å². The van der Waals surface area contributed by atoms with Crippen molar-refractivity contribution in [1.29, 1.82) is 0 Å². The van der Waals surface area contributed by atoms with Gasteiger partial charge in [-0.2, -0.15) is 0 Å². The predicted octanol–water partition coefficient (Wildman–Crippen LogP) is 1.42. The number of rotatable bonds is 3. The zero-order valence-corrected chi connectivity index (χ0v) is 10.0. The Bertz CT molecular complexity index is 436. The first-order valence-corrected chi connectivity index (χ1v) is 5.65. The zero-order chi connectivity index (χ0) is 12.3. The molecule has 90 valence electrons. The van der Waals surface area contributed by atoms with Gasteiger partial charge in [0, 0.05) is 6.20 Å². The summed E-state index contributed by atoms with van der Waals surface area (Å²) in [7, 11) is 0. The minimum absolute atomic E-state index is 0.323. The van der Waals surface area contributed by atoms with E-state index in [1.54, 1.807) is 36.5 Å². The molecule has 0 bridgehead atoms. The van der Waals surface area contributed by atoms with E-state index in [1.807, 2.05) is 6.07 Å². The van der Waals surface area contributed by atoms with Gasteiger partial charge in [0.15, 0.2) is 0 Å². The van der Waals surface area contributed by atoms with Crippen molar-refractivity contribution in [3.8, 4) is 0 Å². The second kappa shape index (κ2) is 5.16. The van der Waals surface area contributed by atoms with Gasteiger partial charge in [-0.3, -0.25) is 9.99 Å². The first-order valence-electron chi connectivity index (χ1n) is 5.21. The molecule has 0 radical (unpaired) electrons. The van der Waals surface area contributed by atoms with Crippen molar-refractivity contribution < 1.29 is 9.53 Å². The summed E-state index contributed by atoms with van der Waals surface area (Å²) in [6, 6.07) is 3.60. The Labute approximate surface area is 104 Å². The van der Waals surface area contributed by atoms with E-state index in [1.165, 1.54) is 0 Å². The fraction of sp³-hybridized carbons (Fsp3) is 0.273. The molecular formula is C11H12ClN3O2. The highest BCUT2D eigenvalue weighted by atomic mass is 35.5. The van der Waals surface area contributed by atoms with Crippen LogP contribution < -0.4 is 10.4 Å². The molecule has 1 unspecified atom stereocenters. The highest BCUT2D eigenvalue weighted by molar-refractivity contribution is 6.22. The summed E-state index contributed by atoms with van der Waals surface area (Å²) in [5.74, 6) is -0.410. The Morgan fingerprint density at radius 1 is 1.71 bits per heavy atom. The summed E-state index contributed by atoms with van der Waals surface area (Å²) in [6.45, 7) is 2.08. The molecule has 0 saturated carbocycles. The smallest absolute Gasteiger partial charge is 0.356 e. The number of anilines is 1. The van der Waals surface area contributed by atoms with Crippen LogP contribution in [-0.2, 0) is 9.53 Å². The molecule has 2 rings (SSSR count). The number of pyridine rings is 1. The van der Waals surface area contributed by atoms with E-state index in [0.29, 0.717) is 12.3 Å². The van der Waals surface area contributed by atoms with Crippen LogP contribution in [0.3, 0.4) is 0 Å². The van der Waals surface area contributed by atoms with Crippen LogP contribution in [-0.4, -0.2) is 23.1 Å². The number of hydrogen-bond donors (Lipinski definition) is 1. The van der Waals surface area contributed by atoms with Crippen LogP contribution in [0.15, 0.2) is 36.3 Å². The topological polar surface area (TPSA) is 54.5 Å². The second-order valence-corrected chi connectivity index (χ2v) is 3.82. The summed E-state index contributed by atoms with van der Waals surface area (Å²) < 4.78 is 4.96. The molecule has 0 saturated heterocycles. The number of halogens is 1. The van der Waals surface area contributed by atoms with E-state index in [4.69, 9.17) is 16.3 Å². The standard InChI is InChI=1S/C11H12ClN3O2/c1-2-17-11(16)9-6-10(12)14-15(9)8-4-3-5-13-7-8/h3-7,10,14H,2H2,1H3. The van der Waals surface area contributed by atoms with E-state index in [0.717, 1.165) is 5.69 Å². The molecular weight excluding hydrogens is 242 g/mol. The summed E-state index contributed by atoms with van der Waals surface area (Å²) in [5.41, 5.74) is 3.60. The van der Waals surface area contributed by atoms with Gasteiger partial charge in [0.25, 0.3) is 0 Å². The summed E-state index contributed by atoms with van der Waals surface area (Å²) in [4.78, 5) is 15.7. The van der Waals surface area contributed by atoms with Crippen LogP contribution in [0.1, 0.15) is 6.92 Å². The number of carbonyl (C=O) groups is 1. The highest BCUT2D eigenvalue weighted by Gasteiger charge is 2.28. The average molecular weight is 254 g/mol. The van der Waals surface area contributed by atoms with Crippen molar-refractivity contribution in [2.24, 2.45) is 0 Å². The van der Waals surface area contributed by atoms with Crippen molar-refractivity contribution >= 4 is 23.3 Å². The lowest BCUT2D eigenvalue weighted by Gasteiger charge is -2.21. The zero-order valence-electron chi connectivity index (χ0n) is 9.26. The molecule has 1 aliphatic rings. The number of hydrogen-bond acceptors (Lipinski definition) is 5. The molecule has 6 heteroatoms. The third kappa shape index (κ3) is 2.57. The molecule has 17 heavy (non-hydrogen) atoms. The van der Waals surface area contributed by atoms with Gasteiger partial charge in [-0.05, 0) is 25.1 Å². The number of nitrogens with one attached hydrogen (secondary N) is 1. The first-order chi connectivity index (χ1) is 8.22. The molecule has 5 nitrogen and oxygen atoms in total. The predicted molar refractivity (Wildman–Crippen MR) is 64.2 cm³/mol. The van der Waals surface area contributed by atoms with E-state index in [9.17, 15) is 4.79 Å². The third-order valence-electron chi connectivity index (χ3n) is 2.19. The molecule has 2 heterocycles. The molecule has 0 amide bonds. The average Bonchev–Trinajstić information content (AvgIpc) is 2.73. The Morgan fingerprint density at radius 2 is 2.53 bits per heavy atom. The SMILES string of the molecule is CCOC(=O)C1=CC(Cl)NN1c1cccnc1. The quantitative estimate of drug-likeness (QED) is 0.502. The fourth-order valence-electron chi connectivity index (χ4n) is 1.51. The van der Waals surface area contributed by atoms with Gasteiger partial charge in [0.1, 0.15) is 11.2 Å². The molecule has 1 aliphatic heterocycles. The molecule has 0 spiro atoms. The van der Waals surface area contributed by atoms with Gasteiger partial charge in [-0.15, -0.1) is 0 Å². The Balaban J connectivity index is 2.24. The van der Waals surface area contributed by atoms with Gasteiger partial charge in [0.05, 0.1) is 18.5 Å². The van der Waals surface area contributed by atoms with Crippen LogP contribution in [0.5, 0.6) is 0 Å². The van der Waals surface area contributed by atoms with Crippen LogP contribution in [0.25, 0.3) is 0 Å². The summed E-state index contributed by atoms with van der Waals surface area (Å²) in [6.07, 6.45) is 4.90. The van der Waals surface area contributed by atoms with Crippen LogP contribution in [0, 0.1) is 0 Å². The molecule has 0 fully saturated rings. The minimum Gasteiger partial charge on any atom is -0.461 e. The largest absolute Gasteiger partial charge is 0.461 e. The maximum atomic E-state index is 11.7. The number of nitrogens with zero attached hydrogens (tertiary/aromatic N) is 2. The van der Waals surface area contributed by atoms with E-state index in [2.05, 4.69) is 10.4 Å². The van der Waals surface area contributed by atoms with Crippen molar-refractivity contribution in [3.05, 3.63) is 36.3 Å². The van der Waals surface area contributed by atoms with Crippen LogP contribution in [0.2, 0.25) is 0 Å². The van der Waals surface area contributed by atoms with E-state index in [-0.39, 0.29) is 0 Å². The molecule has 1 N–H and O–H groups in total. The lowest BCUT2D eigenvalue weighted by molar-refractivity contribution is -0.138. The van der Waals surface area contributed by atoms with Crippen molar-refractivity contribution in [2.45, 2.75) is 12.4 Å². The number of esters is 1. The fourth-order valence-corrected chi connectivity index (χ4v) is 1.72. The van der Waals surface area contributed by atoms with Gasteiger partial charge in [-0.1, -0.05) is 11.6 Å². The number of aromatic nitrogens is 1. The van der Waals surface area contributed by atoms with Gasteiger partial charge < -0.3 is 4.74 Å². The Morgan fingerprint density at radius 3 is 3.18 bits per heavy atom. The third-order valence-corrected chi connectivity index (χ3v) is 2.41. The van der Waals surface area contributed by atoms with Crippen LogP contribution >= 0.6 is 11.6 Å². The molecule has 1 aromatic rings. The number of hydrazine groups is 1. The van der Waals surface area contributed by atoms with E-state index >= 15 is 0 Å². The Hall–Kier alpha value is -1.59. The lowest BCUT2D eigenvalue weighted by Crippen LogP contribution is -2.37. The summed E-state index contributed by atoms with van der Waals surface area (Å²) in [5, 5.41) is 1.57. The number of alkyl halides is 1. The summed E-state index contributed by atoms with van der Waals surface area (Å²) >= 11 is 5.94.